The van der Waals surface area contributed by atoms with Crippen LogP contribution in [-0.4, -0.2) is 33.3 Å². The molecular weight excluding hydrogens is 940 g/mol. The Balaban J connectivity index is 2.02. The summed E-state index contributed by atoms with van der Waals surface area (Å²) in [6.45, 7) is 57.9. The zero-order valence-electron chi connectivity index (χ0n) is 46.1. The summed E-state index contributed by atoms with van der Waals surface area (Å²) >= 11 is 1.54. The second-order valence-corrected chi connectivity index (χ2v) is 47.5. The van der Waals surface area contributed by atoms with Crippen LogP contribution in [0, 0.1) is 0 Å². The van der Waals surface area contributed by atoms with E-state index in [0.29, 0.717) is 70.1 Å². The van der Waals surface area contributed by atoms with Gasteiger partial charge in [-0.15, -0.1) is 0 Å². The van der Waals surface area contributed by atoms with Gasteiger partial charge >= 0.3 is 424 Å². The molecule has 0 bridgehead atoms. The van der Waals surface area contributed by atoms with Gasteiger partial charge in [-0.1, -0.05) is 0 Å². The van der Waals surface area contributed by atoms with Gasteiger partial charge in [0.05, 0.1) is 0 Å². The molecule has 4 nitrogen and oxygen atoms in total. The van der Waals surface area contributed by atoms with E-state index < -0.39 is 33.3 Å². The first-order valence-electron chi connectivity index (χ1n) is 26.2. The maximum atomic E-state index is 7.77. The molecule has 2 aromatic rings. The third kappa shape index (κ3) is 10.2. The minimum atomic E-state index is -2.28. The van der Waals surface area contributed by atoms with Crippen molar-refractivity contribution in [2.75, 3.05) is 0 Å². The van der Waals surface area contributed by atoms with E-state index in [9.17, 15) is 0 Å². The van der Waals surface area contributed by atoms with E-state index in [2.05, 4.69) is 215 Å². The van der Waals surface area contributed by atoms with Gasteiger partial charge in [0, 0.05) is 0 Å². The van der Waals surface area contributed by atoms with Gasteiger partial charge in [-0.25, -0.2) is 0 Å². The molecule has 0 spiro atoms. The summed E-state index contributed by atoms with van der Waals surface area (Å²) in [5, 5.41) is 0. The van der Waals surface area contributed by atoms with Gasteiger partial charge < -0.3 is 0 Å². The average molecular weight is 1040 g/mol. The summed E-state index contributed by atoms with van der Waals surface area (Å²) in [6.07, 6.45) is 6.12. The Morgan fingerprint density at radius 1 is 0.385 bits per heavy atom. The Bertz CT molecular complexity index is 1870. The number of hydrogen-bond acceptors (Lipinski definition) is 4. The van der Waals surface area contributed by atoms with Crippen LogP contribution in [0.5, 0.6) is 11.5 Å². The molecule has 0 heterocycles. The van der Waals surface area contributed by atoms with E-state index in [1.807, 2.05) is 0 Å². The minimum absolute atomic E-state index is 0.165. The second-order valence-electron chi connectivity index (χ2n) is 24.1. The fourth-order valence-corrected chi connectivity index (χ4v) is 36.7. The van der Waals surface area contributed by atoms with Gasteiger partial charge in [-0.2, -0.15) is 0 Å². The zero-order chi connectivity index (χ0) is 49.5. The van der Waals surface area contributed by atoms with Crippen molar-refractivity contribution >= 4 is 44.8 Å². The topological polar surface area (TPSA) is 36.9 Å². The Morgan fingerprint density at radius 2 is 0.662 bits per heavy atom. The van der Waals surface area contributed by atoms with E-state index in [0.717, 1.165) is 29.4 Å². The number of hydrogen-bond donors (Lipinski definition) is 0. The quantitative estimate of drug-likeness (QED) is 0.104. The fourth-order valence-electron chi connectivity index (χ4n) is 14.4. The van der Waals surface area contributed by atoms with Crippen LogP contribution < -0.4 is 8.85 Å². The predicted molar refractivity (Wildman–Crippen MR) is 290 cm³/mol. The molecule has 0 radical (unpaired) electrons. The van der Waals surface area contributed by atoms with Crippen LogP contribution in [0.4, 0.5) is 0 Å². The van der Waals surface area contributed by atoms with Gasteiger partial charge in [-0.05, 0) is 0 Å². The van der Waals surface area contributed by atoms with E-state index in [-0.39, 0.29) is 11.8 Å². The van der Waals surface area contributed by atoms with Crippen LogP contribution in [-0.2, 0) is 33.6 Å². The summed E-state index contributed by atoms with van der Waals surface area (Å²) in [5.74, 6) is 4.74. The van der Waals surface area contributed by atoms with Gasteiger partial charge in [0.15, 0.2) is 0 Å². The summed E-state index contributed by atoms with van der Waals surface area (Å²) in [4.78, 5) is 0. The van der Waals surface area contributed by atoms with E-state index in [1.165, 1.54) is 47.0 Å². The molecule has 9 heteroatoms. The SMILES string of the molecule is CC(C)[Si](OC1=CC(C[CH]([Zr])C2C=C(O[Si](C(C)C)(C(C)C)C(C)C)c3cccc(O[Si](C(C)C)(C(C)C)C(C)C)c32)c2c(O[Si](C(C)C)(C(C)C)C(C)C)cccc21)(C(C)C)C(C)C. The molecule has 3 atom stereocenters. The van der Waals surface area contributed by atoms with Crippen molar-refractivity contribution in [1.82, 2.24) is 0 Å². The molecule has 365 valence electrons. The standard InChI is InChI=1S/C56H97O4Si4.Zr/c1-35(2)61(36(3)4,37(5)6)57-51-29-25-27-49-53(59-63(41(13)14,42(15)16)43(17)18)33-47(55(49)51)31-32-48-34-54(60-64(44(19)20,45(21)22)46(23)24)50-28-26-30-52(56(48)50)58-62(38(7)8,39(9)10)40(11)12;/h25-31,33-48H,32H2,1-24H3;. The van der Waals surface area contributed by atoms with Gasteiger partial charge in [0.2, 0.25) is 0 Å². The number of fused-ring (bicyclic) bond motifs is 2. The average Bonchev–Trinajstić information content (AvgIpc) is 3.73. The molecule has 2 aliphatic carbocycles. The normalized spacial score (nSPS) is 17.9. The van der Waals surface area contributed by atoms with E-state index in [4.69, 9.17) is 17.7 Å². The van der Waals surface area contributed by atoms with Crippen LogP contribution in [0.25, 0.3) is 11.5 Å². The zero-order valence-corrected chi connectivity index (χ0v) is 52.6. The van der Waals surface area contributed by atoms with Crippen LogP contribution in [0.3, 0.4) is 0 Å². The molecule has 0 N–H and O–H groups in total. The van der Waals surface area contributed by atoms with Crippen LogP contribution in [0.15, 0.2) is 48.6 Å². The Hall–Kier alpha value is -1.13. The molecule has 0 fully saturated rings. The number of rotatable bonds is 23. The Labute approximate surface area is 421 Å². The van der Waals surface area contributed by atoms with Crippen molar-refractivity contribution in [3.05, 3.63) is 70.8 Å². The first-order valence-corrected chi connectivity index (χ1v) is 36.2. The van der Waals surface area contributed by atoms with Crippen molar-refractivity contribution in [3.63, 3.8) is 0 Å². The van der Waals surface area contributed by atoms with Gasteiger partial charge in [-0.3, -0.25) is 0 Å². The first-order chi connectivity index (χ1) is 30.0. The van der Waals surface area contributed by atoms with Crippen LogP contribution >= 0.6 is 0 Å². The summed E-state index contributed by atoms with van der Waals surface area (Å²) < 4.78 is 31.4. The molecule has 4 rings (SSSR count). The third-order valence-electron chi connectivity index (χ3n) is 17.0. The molecule has 2 aliphatic rings. The number of allylic oxidation sites excluding steroid dienone is 2. The van der Waals surface area contributed by atoms with Gasteiger partial charge in [0.25, 0.3) is 0 Å². The molecule has 2 aromatic carbocycles. The molecule has 0 amide bonds. The van der Waals surface area contributed by atoms with Crippen molar-refractivity contribution in [2.45, 2.75) is 255 Å². The predicted octanol–water partition coefficient (Wildman–Crippen LogP) is 19.5. The second kappa shape index (κ2) is 21.9. The van der Waals surface area contributed by atoms with Gasteiger partial charge in [0.1, 0.15) is 0 Å². The third-order valence-corrected chi connectivity index (χ3v) is 42.4. The molecule has 65 heavy (non-hydrogen) atoms. The van der Waals surface area contributed by atoms with Crippen molar-refractivity contribution in [1.29, 1.82) is 0 Å². The van der Waals surface area contributed by atoms with Crippen LogP contribution in [0.2, 0.25) is 70.1 Å². The summed E-state index contributed by atoms with van der Waals surface area (Å²) in [5.41, 5.74) is 10.9. The molecular formula is C56H97O4Si4Zr. The fraction of sp³-hybridized carbons (Fsp3) is 0.714. The summed E-state index contributed by atoms with van der Waals surface area (Å²) in [6, 6.07) is 13.8. The molecule has 0 aromatic heterocycles. The molecule has 3 unspecified atom stereocenters. The maximum absolute atomic E-state index is 7.77. The Kier molecular flexibility index (Phi) is 19.0. The van der Waals surface area contributed by atoms with E-state index in [1.54, 1.807) is 0 Å². The number of benzene rings is 2. The van der Waals surface area contributed by atoms with Crippen molar-refractivity contribution in [2.24, 2.45) is 0 Å². The van der Waals surface area contributed by atoms with Crippen molar-refractivity contribution < 1.29 is 42.4 Å². The van der Waals surface area contributed by atoms with E-state index >= 15 is 0 Å². The molecule has 0 aliphatic heterocycles. The summed E-state index contributed by atoms with van der Waals surface area (Å²) in [7, 11) is -9.11. The van der Waals surface area contributed by atoms with Crippen LogP contribution in [0.1, 0.15) is 207 Å². The van der Waals surface area contributed by atoms with Crippen molar-refractivity contribution in [3.8, 4) is 11.5 Å². The molecule has 0 saturated carbocycles. The Morgan fingerprint density at radius 3 is 0.985 bits per heavy atom. The monoisotopic (exact) mass is 1040 g/mol. The molecule has 0 saturated heterocycles. The first kappa shape index (κ1) is 56.5.